The molecule has 4 rings (SSSR count). The summed E-state index contributed by atoms with van der Waals surface area (Å²) in [7, 11) is 0. The minimum Gasteiger partial charge on any atom is -0.478 e. The number of oxime groups is 1. The van der Waals surface area contributed by atoms with Gasteiger partial charge in [-0.1, -0.05) is 41.6 Å². The van der Waals surface area contributed by atoms with E-state index in [4.69, 9.17) is 4.84 Å². The number of aliphatic carboxylic acids is 1. The average molecular weight is 418 g/mol. The van der Waals surface area contributed by atoms with E-state index in [1.165, 1.54) is 6.92 Å². The maximum absolute atomic E-state index is 12.5. The highest BCUT2D eigenvalue weighted by atomic mass is 16.7. The molecule has 1 amide bonds. The summed E-state index contributed by atoms with van der Waals surface area (Å²) < 4.78 is 0. The fourth-order valence-electron chi connectivity index (χ4n) is 3.93. The number of nitrogens with zero attached hydrogens (tertiary/aromatic N) is 1. The second-order valence-corrected chi connectivity index (χ2v) is 8.42. The minimum atomic E-state index is -1.33. The van der Waals surface area contributed by atoms with Gasteiger partial charge in [0.05, 0.1) is 5.71 Å². The van der Waals surface area contributed by atoms with Gasteiger partial charge in [0.2, 0.25) is 11.5 Å². The van der Waals surface area contributed by atoms with Crippen molar-refractivity contribution in [1.29, 1.82) is 0 Å². The first-order valence-electron chi connectivity index (χ1n) is 10.5. The lowest BCUT2D eigenvalue weighted by molar-refractivity contribution is -0.160. The average Bonchev–Trinajstić information content (AvgIpc) is 3.19. The monoisotopic (exact) mass is 418 g/mol. The maximum Gasteiger partial charge on any atom is 0.351 e. The lowest BCUT2D eigenvalue weighted by atomic mass is 9.92. The van der Waals surface area contributed by atoms with Crippen LogP contribution in [0.3, 0.4) is 0 Å². The third kappa shape index (κ3) is 4.38. The molecule has 2 atom stereocenters. The first-order valence-corrected chi connectivity index (χ1v) is 10.5. The Morgan fingerprint density at radius 1 is 1.13 bits per heavy atom. The topological polar surface area (TPSA) is 88.0 Å². The number of carbonyl (C=O) groups is 2. The zero-order chi connectivity index (χ0) is 22.0. The maximum atomic E-state index is 12.5. The number of carboxylic acid groups (broad SMARTS) is 1. The number of hydrogen-bond donors (Lipinski definition) is 2. The van der Waals surface area contributed by atoms with Gasteiger partial charge in [-0.25, -0.2) is 4.79 Å². The van der Waals surface area contributed by atoms with Crippen LogP contribution in [0.2, 0.25) is 0 Å². The van der Waals surface area contributed by atoms with Crippen LogP contribution in [0, 0.1) is 12.8 Å². The Morgan fingerprint density at radius 3 is 2.52 bits per heavy atom. The summed E-state index contributed by atoms with van der Waals surface area (Å²) in [6, 6.07) is 13.7. The van der Waals surface area contributed by atoms with Gasteiger partial charge in [0.15, 0.2) is 0 Å². The number of carbonyl (C=O) groups excluding carboxylic acids is 1. The van der Waals surface area contributed by atoms with E-state index < -0.39 is 11.6 Å². The molecule has 0 fully saturated rings. The fourth-order valence-corrected chi connectivity index (χ4v) is 3.93. The molecule has 2 aliphatic rings. The molecule has 0 saturated carbocycles. The van der Waals surface area contributed by atoms with E-state index in [-0.39, 0.29) is 18.2 Å². The number of amides is 1. The van der Waals surface area contributed by atoms with Crippen LogP contribution in [0.25, 0.3) is 11.1 Å². The molecule has 0 saturated heterocycles. The van der Waals surface area contributed by atoms with Gasteiger partial charge in [0.25, 0.3) is 0 Å². The standard InChI is InChI=1S/C25H26N2O4/c1-16-8-9-19(22-15-25(2,24(29)30)31-27-22)14-21(16)17-10-12-20(13-11-17)26-23(28)18-6-4-3-5-7-18/h3-4,8-14,18H,5-7,15H2,1-2H3,(H,26,28)(H,29,30). The van der Waals surface area contributed by atoms with Crippen molar-refractivity contribution in [2.24, 2.45) is 11.1 Å². The lowest BCUT2D eigenvalue weighted by Gasteiger charge is -2.17. The number of allylic oxidation sites excluding steroid dienone is 2. The van der Waals surface area contributed by atoms with Crippen molar-refractivity contribution in [3.8, 4) is 11.1 Å². The van der Waals surface area contributed by atoms with Crippen molar-refractivity contribution in [3.05, 3.63) is 65.7 Å². The summed E-state index contributed by atoms with van der Waals surface area (Å²) in [6.07, 6.45) is 7.05. The Kier molecular flexibility index (Phi) is 5.63. The molecule has 1 aliphatic heterocycles. The largest absolute Gasteiger partial charge is 0.478 e. The predicted octanol–water partition coefficient (Wildman–Crippen LogP) is 4.92. The highest BCUT2D eigenvalue weighted by Gasteiger charge is 2.42. The summed E-state index contributed by atoms with van der Waals surface area (Å²) in [4.78, 5) is 29.1. The third-order valence-electron chi connectivity index (χ3n) is 5.99. The van der Waals surface area contributed by atoms with Gasteiger partial charge >= 0.3 is 5.97 Å². The zero-order valence-corrected chi connectivity index (χ0v) is 17.7. The van der Waals surface area contributed by atoms with Crippen molar-refractivity contribution in [2.75, 3.05) is 5.32 Å². The minimum absolute atomic E-state index is 0.0366. The summed E-state index contributed by atoms with van der Waals surface area (Å²) in [5.41, 5.74) is 4.05. The van der Waals surface area contributed by atoms with Gasteiger partial charge in [0.1, 0.15) is 0 Å². The Labute approximate surface area is 181 Å². The third-order valence-corrected chi connectivity index (χ3v) is 5.99. The number of anilines is 1. The molecule has 0 aromatic heterocycles. The molecule has 1 aliphatic carbocycles. The zero-order valence-electron chi connectivity index (χ0n) is 17.7. The van der Waals surface area contributed by atoms with Gasteiger partial charge < -0.3 is 15.3 Å². The number of aryl methyl sites for hydroxylation is 1. The van der Waals surface area contributed by atoms with Crippen LogP contribution in [0.15, 0.2) is 59.8 Å². The van der Waals surface area contributed by atoms with Crippen LogP contribution in [-0.2, 0) is 14.4 Å². The number of carboxylic acids is 1. The van der Waals surface area contributed by atoms with Gasteiger partial charge in [-0.15, -0.1) is 0 Å². The van der Waals surface area contributed by atoms with E-state index in [9.17, 15) is 14.7 Å². The second kappa shape index (κ2) is 8.38. The molecule has 6 heteroatoms. The van der Waals surface area contributed by atoms with Gasteiger partial charge in [0, 0.05) is 23.6 Å². The first kappa shape index (κ1) is 20.8. The highest BCUT2D eigenvalue weighted by Crippen LogP contribution is 2.31. The van der Waals surface area contributed by atoms with Gasteiger partial charge in [-0.05, 0) is 68.0 Å². The van der Waals surface area contributed by atoms with Crippen LogP contribution in [-0.4, -0.2) is 28.3 Å². The van der Waals surface area contributed by atoms with Crippen LogP contribution < -0.4 is 5.32 Å². The van der Waals surface area contributed by atoms with E-state index in [0.717, 1.165) is 47.2 Å². The first-order chi connectivity index (χ1) is 14.9. The van der Waals surface area contributed by atoms with Gasteiger partial charge in [-0.2, -0.15) is 0 Å². The molecule has 2 aromatic rings. The molecule has 2 aromatic carbocycles. The number of nitrogens with one attached hydrogen (secondary N) is 1. The molecule has 6 nitrogen and oxygen atoms in total. The van der Waals surface area contributed by atoms with Crippen molar-refractivity contribution < 1.29 is 19.5 Å². The van der Waals surface area contributed by atoms with E-state index in [1.807, 2.05) is 49.4 Å². The predicted molar refractivity (Wildman–Crippen MR) is 120 cm³/mol. The fraction of sp³-hybridized carbons (Fsp3) is 0.320. The Hall–Kier alpha value is -3.41. The highest BCUT2D eigenvalue weighted by molar-refractivity contribution is 6.05. The Morgan fingerprint density at radius 2 is 1.87 bits per heavy atom. The second-order valence-electron chi connectivity index (χ2n) is 8.42. The van der Waals surface area contributed by atoms with Crippen molar-refractivity contribution in [3.63, 3.8) is 0 Å². The SMILES string of the molecule is Cc1ccc(C2=NOC(C)(C(=O)O)C2)cc1-c1ccc(NC(=O)C2CC=CCC2)cc1. The molecule has 1 heterocycles. The Bertz CT molecular complexity index is 1070. The molecular formula is C25H26N2O4. The van der Waals surface area contributed by atoms with E-state index in [0.29, 0.717) is 5.71 Å². The molecule has 0 radical (unpaired) electrons. The molecule has 2 N–H and O–H groups in total. The summed E-state index contributed by atoms with van der Waals surface area (Å²) in [5.74, 6) is -0.925. The van der Waals surface area contributed by atoms with E-state index >= 15 is 0 Å². The normalized spacial score (nSPS) is 22.5. The smallest absolute Gasteiger partial charge is 0.351 e. The molecule has 2 unspecified atom stereocenters. The van der Waals surface area contributed by atoms with Crippen molar-refractivity contribution in [1.82, 2.24) is 0 Å². The Balaban J connectivity index is 1.51. The van der Waals surface area contributed by atoms with Crippen LogP contribution >= 0.6 is 0 Å². The number of benzene rings is 2. The summed E-state index contributed by atoms with van der Waals surface area (Å²) in [6.45, 7) is 3.55. The van der Waals surface area contributed by atoms with Crippen LogP contribution in [0.1, 0.15) is 43.7 Å². The summed E-state index contributed by atoms with van der Waals surface area (Å²) in [5, 5.41) is 16.4. The van der Waals surface area contributed by atoms with E-state index in [1.54, 1.807) is 0 Å². The molecule has 160 valence electrons. The van der Waals surface area contributed by atoms with Crippen molar-refractivity contribution in [2.45, 2.75) is 45.1 Å². The molecule has 0 bridgehead atoms. The number of rotatable bonds is 5. The molecule has 31 heavy (non-hydrogen) atoms. The van der Waals surface area contributed by atoms with Crippen LogP contribution in [0.5, 0.6) is 0 Å². The quantitative estimate of drug-likeness (QED) is 0.674. The lowest BCUT2D eigenvalue weighted by Crippen LogP contribution is -2.35. The number of hydrogen-bond acceptors (Lipinski definition) is 4. The van der Waals surface area contributed by atoms with Crippen LogP contribution in [0.4, 0.5) is 5.69 Å². The summed E-state index contributed by atoms with van der Waals surface area (Å²) >= 11 is 0. The van der Waals surface area contributed by atoms with Gasteiger partial charge in [-0.3, -0.25) is 4.79 Å². The van der Waals surface area contributed by atoms with Crippen molar-refractivity contribution >= 4 is 23.3 Å². The molecule has 0 spiro atoms. The van der Waals surface area contributed by atoms with E-state index in [2.05, 4.69) is 22.6 Å². The molecular weight excluding hydrogens is 392 g/mol.